The van der Waals surface area contributed by atoms with Crippen LogP contribution in [0, 0.1) is 5.82 Å². The average Bonchev–Trinajstić information content (AvgIpc) is 3.19. The zero-order valence-corrected chi connectivity index (χ0v) is 21.7. The number of anilines is 1. The van der Waals surface area contributed by atoms with Crippen LogP contribution in [-0.2, 0) is 26.7 Å². The van der Waals surface area contributed by atoms with Gasteiger partial charge in [-0.05, 0) is 36.4 Å². The fourth-order valence-corrected chi connectivity index (χ4v) is 5.31. The highest BCUT2D eigenvalue weighted by atomic mass is 32.2. The number of sulfone groups is 1. The average molecular weight is 583 g/mol. The number of carbonyl (C=O) groups excluding carboxylic acids is 2. The van der Waals surface area contributed by atoms with E-state index in [2.05, 4.69) is 15.7 Å². The Bertz CT molecular complexity index is 1600. The molecule has 0 aliphatic carbocycles. The van der Waals surface area contributed by atoms with Crippen LogP contribution in [0.5, 0.6) is 11.5 Å². The van der Waals surface area contributed by atoms with E-state index in [4.69, 9.17) is 9.47 Å². The lowest BCUT2D eigenvalue weighted by atomic mass is 9.83. The number of carbonyl (C=O) groups is 2. The van der Waals surface area contributed by atoms with Crippen LogP contribution < -0.4 is 20.1 Å². The van der Waals surface area contributed by atoms with E-state index in [9.17, 15) is 35.6 Å². The minimum absolute atomic E-state index is 0.0450. The number of halogens is 4. The van der Waals surface area contributed by atoms with Gasteiger partial charge in [0, 0.05) is 29.9 Å². The largest absolute Gasteiger partial charge is 0.493 e. The monoisotopic (exact) mass is 582 g/mol. The van der Waals surface area contributed by atoms with Gasteiger partial charge in [-0.3, -0.25) is 14.3 Å². The number of alkyl halides is 3. The van der Waals surface area contributed by atoms with Gasteiger partial charge in [-0.1, -0.05) is 0 Å². The van der Waals surface area contributed by atoms with E-state index >= 15 is 0 Å². The zero-order chi connectivity index (χ0) is 28.9. The molecule has 2 aromatic carbocycles. The minimum Gasteiger partial charge on any atom is -0.493 e. The first kappa shape index (κ1) is 27.4. The molecule has 1 aromatic heterocycles. The Balaban J connectivity index is 1.54. The molecule has 15 heteroatoms. The molecule has 3 aromatic rings. The van der Waals surface area contributed by atoms with Crippen molar-refractivity contribution in [3.63, 3.8) is 0 Å². The summed E-state index contributed by atoms with van der Waals surface area (Å²) in [4.78, 5) is 26.1. The number of aromatic nitrogens is 2. The van der Waals surface area contributed by atoms with Crippen LogP contribution in [-0.4, -0.2) is 61.4 Å². The molecule has 40 heavy (non-hydrogen) atoms. The molecule has 0 bridgehead atoms. The van der Waals surface area contributed by atoms with Gasteiger partial charge in [-0.25, -0.2) is 12.8 Å². The Kier molecular flexibility index (Phi) is 6.72. The van der Waals surface area contributed by atoms with Gasteiger partial charge in [0.1, 0.15) is 34.5 Å². The first-order chi connectivity index (χ1) is 18.7. The number of nitrogens with one attached hydrogen (secondary N) is 2. The van der Waals surface area contributed by atoms with Crippen molar-refractivity contribution in [3.8, 4) is 22.8 Å². The van der Waals surface area contributed by atoms with Crippen molar-refractivity contribution in [2.75, 3.05) is 30.5 Å². The SMILES string of the molecule is CS(=O)(=O)CC(=O)Nc1c(-c2ccc(F)cc2)nn2c1C(=O)N[C@]1(CCOc3cc(OCC(F)(F)F)ccc31)C2. The van der Waals surface area contributed by atoms with E-state index in [-0.39, 0.29) is 48.1 Å². The third-order valence-electron chi connectivity index (χ3n) is 6.37. The second kappa shape index (κ2) is 9.80. The van der Waals surface area contributed by atoms with E-state index in [0.717, 1.165) is 6.26 Å². The van der Waals surface area contributed by atoms with Gasteiger partial charge in [0.2, 0.25) is 5.91 Å². The van der Waals surface area contributed by atoms with Crippen molar-refractivity contribution < 1.29 is 45.0 Å². The van der Waals surface area contributed by atoms with Crippen molar-refractivity contribution in [2.24, 2.45) is 0 Å². The molecule has 0 saturated heterocycles. The van der Waals surface area contributed by atoms with Crippen molar-refractivity contribution in [3.05, 3.63) is 59.5 Å². The Morgan fingerprint density at radius 2 is 1.95 bits per heavy atom. The highest BCUT2D eigenvalue weighted by Gasteiger charge is 2.46. The Morgan fingerprint density at radius 3 is 2.62 bits per heavy atom. The number of amides is 2. The van der Waals surface area contributed by atoms with Crippen LogP contribution in [0.1, 0.15) is 22.5 Å². The Labute approximate surface area is 225 Å². The van der Waals surface area contributed by atoms with E-state index in [1.165, 1.54) is 47.1 Å². The van der Waals surface area contributed by atoms with Gasteiger partial charge in [-0.2, -0.15) is 18.3 Å². The number of ether oxygens (including phenoxy) is 2. The van der Waals surface area contributed by atoms with E-state index in [1.807, 2.05) is 0 Å². The van der Waals surface area contributed by atoms with Crippen LogP contribution in [0.3, 0.4) is 0 Å². The summed E-state index contributed by atoms with van der Waals surface area (Å²) in [7, 11) is -3.69. The quantitative estimate of drug-likeness (QED) is 0.428. The topological polar surface area (TPSA) is 129 Å². The summed E-state index contributed by atoms with van der Waals surface area (Å²) in [6.45, 7) is -1.32. The minimum atomic E-state index is -4.53. The lowest BCUT2D eigenvalue weighted by Crippen LogP contribution is -2.55. The van der Waals surface area contributed by atoms with Gasteiger partial charge in [0.05, 0.1) is 18.7 Å². The maximum Gasteiger partial charge on any atom is 0.422 e. The van der Waals surface area contributed by atoms with E-state index < -0.39 is 51.5 Å². The normalized spacial score (nSPS) is 18.4. The molecule has 2 N–H and O–H groups in total. The predicted molar refractivity (Wildman–Crippen MR) is 133 cm³/mol. The second-order valence-electron chi connectivity index (χ2n) is 9.55. The van der Waals surface area contributed by atoms with Crippen molar-refractivity contribution in [1.82, 2.24) is 15.1 Å². The third-order valence-corrected chi connectivity index (χ3v) is 7.16. The summed E-state index contributed by atoms with van der Waals surface area (Å²) < 4.78 is 86.6. The van der Waals surface area contributed by atoms with Gasteiger partial charge in [-0.15, -0.1) is 0 Å². The summed E-state index contributed by atoms with van der Waals surface area (Å²) in [5.74, 6) is -2.74. The smallest absolute Gasteiger partial charge is 0.422 e. The van der Waals surface area contributed by atoms with Gasteiger partial charge >= 0.3 is 6.18 Å². The summed E-state index contributed by atoms with van der Waals surface area (Å²) >= 11 is 0. The fraction of sp³-hybridized carbons (Fsp3) is 0.320. The molecule has 1 spiro atoms. The number of fused-ring (bicyclic) bond motifs is 3. The number of nitrogens with zero attached hydrogens (tertiary/aromatic N) is 2. The molecule has 10 nitrogen and oxygen atoms in total. The summed E-state index contributed by atoms with van der Waals surface area (Å²) in [6.07, 6.45) is -3.35. The van der Waals surface area contributed by atoms with Gasteiger partial charge < -0.3 is 20.1 Å². The molecular formula is C25H22F4N4O6S. The maximum atomic E-state index is 13.6. The van der Waals surface area contributed by atoms with Crippen LogP contribution in [0.15, 0.2) is 42.5 Å². The molecule has 2 aliphatic rings. The van der Waals surface area contributed by atoms with Crippen LogP contribution in [0.4, 0.5) is 23.2 Å². The van der Waals surface area contributed by atoms with Crippen molar-refractivity contribution in [1.29, 1.82) is 0 Å². The molecule has 2 amide bonds. The molecule has 3 heterocycles. The molecule has 1 atom stereocenters. The van der Waals surface area contributed by atoms with Crippen LogP contribution in [0.2, 0.25) is 0 Å². The molecule has 0 fully saturated rings. The van der Waals surface area contributed by atoms with Crippen LogP contribution >= 0.6 is 0 Å². The molecule has 212 valence electrons. The highest BCUT2D eigenvalue weighted by molar-refractivity contribution is 7.91. The molecule has 2 aliphatic heterocycles. The first-order valence-electron chi connectivity index (χ1n) is 11.9. The molecule has 0 unspecified atom stereocenters. The second-order valence-corrected chi connectivity index (χ2v) is 11.7. The summed E-state index contributed by atoms with van der Waals surface area (Å²) in [5, 5.41) is 9.93. The Morgan fingerprint density at radius 1 is 1.23 bits per heavy atom. The number of benzene rings is 2. The molecular weight excluding hydrogens is 560 g/mol. The lowest BCUT2D eigenvalue weighted by Gasteiger charge is -2.42. The molecule has 0 radical (unpaired) electrons. The highest BCUT2D eigenvalue weighted by Crippen LogP contribution is 2.44. The summed E-state index contributed by atoms with van der Waals surface area (Å²) in [6, 6.07) is 9.30. The molecule has 5 rings (SSSR count). The Hall–Kier alpha value is -4.14. The van der Waals surface area contributed by atoms with Crippen LogP contribution in [0.25, 0.3) is 11.3 Å². The first-order valence-corrected chi connectivity index (χ1v) is 13.9. The van der Waals surface area contributed by atoms with Crippen molar-refractivity contribution >= 4 is 27.3 Å². The van der Waals surface area contributed by atoms with Gasteiger partial charge in [0.25, 0.3) is 5.91 Å². The maximum absolute atomic E-state index is 13.6. The number of hydrogen-bond donors (Lipinski definition) is 2. The predicted octanol–water partition coefficient (Wildman–Crippen LogP) is 3.03. The number of rotatable bonds is 6. The van der Waals surface area contributed by atoms with E-state index in [1.54, 1.807) is 0 Å². The standard InChI is InChI=1S/C25H22F4N4O6S/c1-40(36,37)11-19(34)30-21-20(14-2-4-15(26)5-3-14)32-33-12-24(31-23(35)22(21)33)8-9-38-18-10-16(6-7-17(18)24)39-13-25(27,28)29/h2-7,10H,8-9,11-13H2,1H3,(H,30,34)(H,31,35)/t24-/m1/s1. The zero-order valence-electron chi connectivity index (χ0n) is 20.8. The van der Waals surface area contributed by atoms with Gasteiger partial charge in [0.15, 0.2) is 22.1 Å². The van der Waals surface area contributed by atoms with Crippen molar-refractivity contribution in [2.45, 2.75) is 24.7 Å². The van der Waals surface area contributed by atoms with E-state index in [0.29, 0.717) is 11.1 Å². The lowest BCUT2D eigenvalue weighted by molar-refractivity contribution is -0.153. The summed E-state index contributed by atoms with van der Waals surface area (Å²) in [5.41, 5.74) is -0.203. The third kappa shape index (κ3) is 5.59. The number of hydrogen-bond acceptors (Lipinski definition) is 7. The fourth-order valence-electron chi connectivity index (χ4n) is 4.76. The molecule has 0 saturated carbocycles.